The molecular weight excluding hydrogens is 334 g/mol. The van der Waals surface area contributed by atoms with E-state index in [4.69, 9.17) is 0 Å². The third-order valence-electron chi connectivity index (χ3n) is 3.98. The Balaban J connectivity index is 2.07. The molecule has 2 rings (SSSR count). The second kappa shape index (κ2) is 8.72. The maximum absolute atomic E-state index is 12.3. The minimum atomic E-state index is -1.02. The summed E-state index contributed by atoms with van der Waals surface area (Å²) in [7, 11) is 0. The van der Waals surface area contributed by atoms with Crippen LogP contribution in [0.5, 0.6) is 0 Å². The van der Waals surface area contributed by atoms with Gasteiger partial charge in [0.25, 0.3) is 0 Å². The minimum Gasteiger partial charge on any atom is -0.478 e. The standard InChI is InChI=1S/C20H23NO3S/c1-4-14(3)25-16-9-10-18(13(2)11-16)21-19(22)12-15-7-5-6-8-17(15)20(23)24/h5-11,14H,4,12H2,1-3H3,(H,21,22)(H,23,24). The van der Waals surface area contributed by atoms with Gasteiger partial charge in [-0.3, -0.25) is 4.79 Å². The first-order chi connectivity index (χ1) is 11.9. The summed E-state index contributed by atoms with van der Waals surface area (Å²) >= 11 is 1.82. The van der Waals surface area contributed by atoms with Crippen molar-refractivity contribution in [2.75, 3.05) is 5.32 Å². The Morgan fingerprint density at radius 3 is 2.56 bits per heavy atom. The molecule has 0 saturated carbocycles. The molecular formula is C20H23NO3S. The number of benzene rings is 2. The first kappa shape index (κ1) is 19.1. The van der Waals surface area contributed by atoms with Crippen molar-refractivity contribution in [3.63, 3.8) is 0 Å². The van der Waals surface area contributed by atoms with Crippen LogP contribution in [0.2, 0.25) is 0 Å². The van der Waals surface area contributed by atoms with Crippen LogP contribution in [0.25, 0.3) is 0 Å². The van der Waals surface area contributed by atoms with E-state index in [2.05, 4.69) is 25.2 Å². The van der Waals surface area contributed by atoms with Crippen molar-refractivity contribution in [1.29, 1.82) is 0 Å². The number of aryl methyl sites for hydroxylation is 1. The quantitative estimate of drug-likeness (QED) is 0.701. The van der Waals surface area contributed by atoms with Crippen LogP contribution in [0.3, 0.4) is 0 Å². The van der Waals surface area contributed by atoms with Crippen LogP contribution in [0, 0.1) is 6.92 Å². The van der Waals surface area contributed by atoms with Crippen LogP contribution < -0.4 is 5.32 Å². The van der Waals surface area contributed by atoms with Crippen molar-refractivity contribution in [2.24, 2.45) is 0 Å². The Morgan fingerprint density at radius 1 is 1.20 bits per heavy atom. The summed E-state index contributed by atoms with van der Waals surface area (Å²) in [6, 6.07) is 12.5. The monoisotopic (exact) mass is 357 g/mol. The maximum atomic E-state index is 12.3. The summed E-state index contributed by atoms with van der Waals surface area (Å²) in [5, 5.41) is 12.6. The van der Waals surface area contributed by atoms with Gasteiger partial charge >= 0.3 is 5.97 Å². The van der Waals surface area contributed by atoms with Gasteiger partial charge in [0.15, 0.2) is 0 Å². The molecule has 0 bridgehead atoms. The number of nitrogens with one attached hydrogen (secondary N) is 1. The number of anilines is 1. The molecule has 1 atom stereocenters. The molecule has 2 aromatic carbocycles. The van der Waals surface area contributed by atoms with Crippen LogP contribution in [0.15, 0.2) is 47.4 Å². The highest BCUT2D eigenvalue weighted by atomic mass is 32.2. The molecule has 0 spiro atoms. The molecule has 0 heterocycles. The topological polar surface area (TPSA) is 66.4 Å². The first-order valence-corrected chi connectivity index (χ1v) is 9.17. The van der Waals surface area contributed by atoms with Crippen molar-refractivity contribution in [3.05, 3.63) is 59.2 Å². The van der Waals surface area contributed by atoms with E-state index in [1.54, 1.807) is 18.2 Å². The van der Waals surface area contributed by atoms with Gasteiger partial charge in [0, 0.05) is 15.8 Å². The van der Waals surface area contributed by atoms with Gasteiger partial charge in [-0.2, -0.15) is 0 Å². The van der Waals surface area contributed by atoms with Crippen molar-refractivity contribution >= 4 is 29.3 Å². The molecule has 0 radical (unpaired) electrons. The fourth-order valence-electron chi connectivity index (χ4n) is 2.42. The number of hydrogen-bond donors (Lipinski definition) is 2. The van der Waals surface area contributed by atoms with Crippen LogP contribution in [-0.2, 0) is 11.2 Å². The first-order valence-electron chi connectivity index (χ1n) is 8.29. The van der Waals surface area contributed by atoms with Crippen molar-refractivity contribution in [3.8, 4) is 0 Å². The SMILES string of the molecule is CCC(C)Sc1ccc(NC(=O)Cc2ccccc2C(=O)O)c(C)c1. The van der Waals surface area contributed by atoms with Crippen molar-refractivity contribution < 1.29 is 14.7 Å². The zero-order valence-electron chi connectivity index (χ0n) is 14.7. The molecule has 0 aliphatic heterocycles. The van der Waals surface area contributed by atoms with Gasteiger partial charge in [-0.05, 0) is 48.7 Å². The van der Waals surface area contributed by atoms with E-state index in [9.17, 15) is 14.7 Å². The van der Waals surface area contributed by atoms with Gasteiger partial charge in [-0.25, -0.2) is 4.79 Å². The Morgan fingerprint density at radius 2 is 1.92 bits per heavy atom. The lowest BCUT2D eigenvalue weighted by molar-refractivity contribution is -0.115. The van der Waals surface area contributed by atoms with Crippen molar-refractivity contribution in [2.45, 2.75) is 43.8 Å². The predicted molar refractivity (Wildman–Crippen MR) is 103 cm³/mol. The molecule has 0 aliphatic carbocycles. The Labute approximate surface area is 152 Å². The highest BCUT2D eigenvalue weighted by Gasteiger charge is 2.13. The van der Waals surface area contributed by atoms with E-state index in [1.165, 1.54) is 11.0 Å². The predicted octanol–water partition coefficient (Wildman–Crippen LogP) is 4.77. The number of rotatable bonds is 7. The average Bonchev–Trinajstić information content (AvgIpc) is 2.57. The fraction of sp³-hybridized carbons (Fsp3) is 0.300. The molecule has 1 unspecified atom stereocenters. The molecule has 0 aliphatic rings. The number of carboxylic acid groups (broad SMARTS) is 1. The highest BCUT2D eigenvalue weighted by Crippen LogP contribution is 2.28. The summed E-state index contributed by atoms with van der Waals surface area (Å²) in [6.45, 7) is 6.31. The van der Waals surface area contributed by atoms with E-state index >= 15 is 0 Å². The lowest BCUT2D eigenvalue weighted by atomic mass is 10.0. The maximum Gasteiger partial charge on any atom is 0.335 e. The van der Waals surface area contributed by atoms with Crippen LogP contribution >= 0.6 is 11.8 Å². The summed E-state index contributed by atoms with van der Waals surface area (Å²) in [5.41, 5.74) is 2.42. The minimum absolute atomic E-state index is 0.0330. The van der Waals surface area contributed by atoms with Gasteiger partial charge in [0.2, 0.25) is 5.91 Å². The summed E-state index contributed by atoms with van der Waals surface area (Å²) in [4.78, 5) is 24.7. The Bertz CT molecular complexity index is 773. The molecule has 0 fully saturated rings. The normalized spacial score (nSPS) is 11.8. The number of carbonyl (C=O) groups is 2. The van der Waals surface area contributed by atoms with E-state index in [-0.39, 0.29) is 17.9 Å². The van der Waals surface area contributed by atoms with E-state index in [0.29, 0.717) is 10.8 Å². The molecule has 2 aromatic rings. The summed E-state index contributed by atoms with van der Waals surface area (Å²) in [5.74, 6) is -1.25. The van der Waals surface area contributed by atoms with Crippen LogP contribution in [0.4, 0.5) is 5.69 Å². The van der Waals surface area contributed by atoms with Gasteiger partial charge in [-0.15, -0.1) is 11.8 Å². The molecule has 2 N–H and O–H groups in total. The molecule has 0 saturated heterocycles. The van der Waals surface area contributed by atoms with E-state index < -0.39 is 5.97 Å². The zero-order valence-corrected chi connectivity index (χ0v) is 15.5. The lowest BCUT2D eigenvalue weighted by Crippen LogP contribution is -2.17. The highest BCUT2D eigenvalue weighted by molar-refractivity contribution is 7.99. The number of carbonyl (C=O) groups excluding carboxylic acids is 1. The van der Waals surface area contributed by atoms with Gasteiger partial charge in [0.05, 0.1) is 12.0 Å². The van der Waals surface area contributed by atoms with E-state index in [1.807, 2.05) is 30.8 Å². The smallest absolute Gasteiger partial charge is 0.335 e. The Hall–Kier alpha value is -2.27. The number of thioether (sulfide) groups is 1. The average molecular weight is 357 g/mol. The lowest BCUT2D eigenvalue weighted by Gasteiger charge is -2.13. The van der Waals surface area contributed by atoms with Gasteiger partial charge in [-0.1, -0.05) is 32.0 Å². The third kappa shape index (κ3) is 5.36. The van der Waals surface area contributed by atoms with Crippen molar-refractivity contribution in [1.82, 2.24) is 0 Å². The van der Waals surface area contributed by atoms with Gasteiger partial charge in [0.1, 0.15) is 0 Å². The zero-order chi connectivity index (χ0) is 18.4. The molecule has 0 aromatic heterocycles. The second-order valence-electron chi connectivity index (χ2n) is 6.00. The molecule has 5 heteroatoms. The van der Waals surface area contributed by atoms with Crippen LogP contribution in [-0.4, -0.2) is 22.2 Å². The molecule has 25 heavy (non-hydrogen) atoms. The van der Waals surface area contributed by atoms with Gasteiger partial charge < -0.3 is 10.4 Å². The van der Waals surface area contributed by atoms with E-state index in [0.717, 1.165) is 17.7 Å². The number of hydrogen-bond acceptors (Lipinski definition) is 3. The molecule has 4 nitrogen and oxygen atoms in total. The summed E-state index contributed by atoms with van der Waals surface area (Å²) in [6.07, 6.45) is 1.14. The molecule has 132 valence electrons. The number of amides is 1. The third-order valence-corrected chi connectivity index (χ3v) is 5.24. The second-order valence-corrected chi connectivity index (χ2v) is 7.51. The fourth-order valence-corrected chi connectivity index (χ4v) is 3.44. The molecule has 1 amide bonds. The largest absolute Gasteiger partial charge is 0.478 e. The summed E-state index contributed by atoms with van der Waals surface area (Å²) < 4.78 is 0. The number of carboxylic acids is 1. The van der Waals surface area contributed by atoms with Crippen LogP contribution in [0.1, 0.15) is 41.8 Å². The number of aromatic carboxylic acids is 1. The Kier molecular flexibility index (Phi) is 6.65.